The molecule has 1 aliphatic rings. The summed E-state index contributed by atoms with van der Waals surface area (Å²) in [7, 11) is 0. The average Bonchev–Trinajstić information content (AvgIpc) is 2.56. The summed E-state index contributed by atoms with van der Waals surface area (Å²) in [5.74, 6) is 0.416. The van der Waals surface area contributed by atoms with Crippen molar-refractivity contribution >= 4 is 11.3 Å². The Balaban J connectivity index is 2.08. The van der Waals surface area contributed by atoms with E-state index in [9.17, 15) is 5.11 Å². The zero-order valence-electron chi connectivity index (χ0n) is 7.32. The highest BCUT2D eigenvalue weighted by Crippen LogP contribution is 2.57. The molecule has 1 aromatic heterocycles. The zero-order valence-corrected chi connectivity index (χ0v) is 8.14. The van der Waals surface area contributed by atoms with Gasteiger partial charge in [-0.05, 0) is 17.8 Å². The summed E-state index contributed by atoms with van der Waals surface area (Å²) in [6.07, 6.45) is 0.775. The summed E-state index contributed by atoms with van der Waals surface area (Å²) in [6, 6.07) is 0. The predicted molar refractivity (Wildman–Crippen MR) is 49.0 cm³/mol. The number of hydrogen-bond donors (Lipinski definition) is 1. The number of aliphatic hydroxyl groups is 1. The van der Waals surface area contributed by atoms with Gasteiger partial charge in [0.2, 0.25) is 0 Å². The van der Waals surface area contributed by atoms with Gasteiger partial charge in [0.05, 0.1) is 11.2 Å². The van der Waals surface area contributed by atoms with E-state index < -0.39 is 0 Å². The molecule has 1 aromatic rings. The lowest BCUT2D eigenvalue weighted by atomic mass is 10.0. The van der Waals surface area contributed by atoms with Crippen molar-refractivity contribution in [3.8, 4) is 0 Å². The van der Waals surface area contributed by atoms with Crippen molar-refractivity contribution in [2.45, 2.75) is 26.4 Å². The van der Waals surface area contributed by atoms with Gasteiger partial charge in [-0.25, -0.2) is 4.98 Å². The Morgan fingerprint density at radius 3 is 2.83 bits per heavy atom. The first-order valence-corrected chi connectivity index (χ1v) is 5.12. The standard InChI is InChI=1S/C9H13NOS/c1-9(2)3-6(9)8(11)7-4-12-5-10-7/h4-6,8,11H,3H2,1-2H3. The number of thiazole rings is 1. The number of hydrogen-bond acceptors (Lipinski definition) is 3. The van der Waals surface area contributed by atoms with Gasteiger partial charge in [0.15, 0.2) is 0 Å². The molecule has 1 saturated carbocycles. The lowest BCUT2D eigenvalue weighted by Crippen LogP contribution is -2.04. The minimum atomic E-state index is -0.341. The van der Waals surface area contributed by atoms with Gasteiger partial charge in [-0.3, -0.25) is 0 Å². The van der Waals surface area contributed by atoms with Crippen molar-refractivity contribution in [3.05, 3.63) is 16.6 Å². The van der Waals surface area contributed by atoms with Crippen molar-refractivity contribution in [3.63, 3.8) is 0 Å². The van der Waals surface area contributed by atoms with E-state index in [0.717, 1.165) is 12.1 Å². The normalized spacial score (nSPS) is 28.4. The summed E-state index contributed by atoms with van der Waals surface area (Å²) in [5.41, 5.74) is 2.94. The largest absolute Gasteiger partial charge is 0.386 e. The predicted octanol–water partition coefficient (Wildman–Crippen LogP) is 2.22. The Hall–Kier alpha value is -0.410. The summed E-state index contributed by atoms with van der Waals surface area (Å²) in [5, 5.41) is 11.8. The SMILES string of the molecule is CC1(C)CC1C(O)c1cscn1. The monoisotopic (exact) mass is 183 g/mol. The Morgan fingerprint density at radius 2 is 2.42 bits per heavy atom. The van der Waals surface area contributed by atoms with Crippen molar-refractivity contribution in [1.29, 1.82) is 0 Å². The molecule has 2 rings (SSSR count). The summed E-state index contributed by atoms with van der Waals surface area (Å²) in [4.78, 5) is 4.11. The van der Waals surface area contributed by atoms with Crippen LogP contribution in [0, 0.1) is 11.3 Å². The second kappa shape index (κ2) is 2.54. The molecule has 0 radical (unpaired) electrons. The molecular formula is C9H13NOS. The van der Waals surface area contributed by atoms with Crippen LogP contribution in [0.15, 0.2) is 10.9 Å². The molecule has 66 valence electrons. The summed E-state index contributed by atoms with van der Waals surface area (Å²) in [6.45, 7) is 4.38. The van der Waals surface area contributed by atoms with Crippen LogP contribution in [0.3, 0.4) is 0 Å². The van der Waals surface area contributed by atoms with Crippen molar-refractivity contribution < 1.29 is 5.11 Å². The van der Waals surface area contributed by atoms with Gasteiger partial charge in [-0.15, -0.1) is 11.3 Å². The van der Waals surface area contributed by atoms with Crippen LogP contribution in [-0.4, -0.2) is 10.1 Å². The molecule has 0 bridgehead atoms. The van der Waals surface area contributed by atoms with Crippen LogP contribution in [-0.2, 0) is 0 Å². The van der Waals surface area contributed by atoms with Crippen LogP contribution in [0.25, 0.3) is 0 Å². The molecule has 2 nitrogen and oxygen atoms in total. The van der Waals surface area contributed by atoms with E-state index in [1.54, 1.807) is 16.8 Å². The van der Waals surface area contributed by atoms with Crippen LogP contribution in [0.4, 0.5) is 0 Å². The molecule has 1 heterocycles. The number of aromatic nitrogens is 1. The van der Waals surface area contributed by atoms with Gasteiger partial charge in [-0.2, -0.15) is 0 Å². The fraction of sp³-hybridized carbons (Fsp3) is 0.667. The Kier molecular flexibility index (Phi) is 1.73. The van der Waals surface area contributed by atoms with Gasteiger partial charge in [0.1, 0.15) is 6.10 Å². The fourth-order valence-electron chi connectivity index (χ4n) is 1.62. The summed E-state index contributed by atoms with van der Waals surface area (Å²) < 4.78 is 0. The maximum Gasteiger partial charge on any atom is 0.100 e. The highest BCUT2D eigenvalue weighted by Gasteiger charge is 2.50. The Labute approximate surface area is 76.3 Å². The highest BCUT2D eigenvalue weighted by atomic mass is 32.1. The zero-order chi connectivity index (χ0) is 8.77. The Bertz CT molecular complexity index is 268. The van der Waals surface area contributed by atoms with Crippen molar-refractivity contribution in [2.75, 3.05) is 0 Å². The summed E-state index contributed by atoms with van der Waals surface area (Å²) >= 11 is 1.54. The third-order valence-electron chi connectivity index (χ3n) is 2.73. The maximum absolute atomic E-state index is 9.83. The molecular weight excluding hydrogens is 170 g/mol. The van der Waals surface area contributed by atoms with Crippen LogP contribution in [0.2, 0.25) is 0 Å². The van der Waals surface area contributed by atoms with E-state index in [1.165, 1.54) is 0 Å². The minimum Gasteiger partial charge on any atom is -0.386 e. The topological polar surface area (TPSA) is 33.1 Å². The lowest BCUT2D eigenvalue weighted by molar-refractivity contribution is 0.134. The van der Waals surface area contributed by atoms with Crippen LogP contribution in [0.5, 0.6) is 0 Å². The van der Waals surface area contributed by atoms with E-state index in [0.29, 0.717) is 11.3 Å². The maximum atomic E-state index is 9.83. The van der Waals surface area contributed by atoms with Crippen molar-refractivity contribution in [1.82, 2.24) is 4.98 Å². The van der Waals surface area contributed by atoms with Gasteiger partial charge >= 0.3 is 0 Å². The van der Waals surface area contributed by atoms with E-state index in [-0.39, 0.29) is 6.10 Å². The van der Waals surface area contributed by atoms with Gasteiger partial charge in [0.25, 0.3) is 0 Å². The van der Waals surface area contributed by atoms with Gasteiger partial charge in [0, 0.05) is 5.38 Å². The molecule has 12 heavy (non-hydrogen) atoms. The second-order valence-electron chi connectivity index (χ2n) is 4.16. The first kappa shape index (κ1) is 8.20. The van der Waals surface area contributed by atoms with E-state index in [2.05, 4.69) is 18.8 Å². The molecule has 1 aliphatic carbocycles. The molecule has 3 heteroatoms. The van der Waals surface area contributed by atoms with Gasteiger partial charge < -0.3 is 5.11 Å². The van der Waals surface area contributed by atoms with Crippen LogP contribution < -0.4 is 0 Å². The lowest BCUT2D eigenvalue weighted by Gasteiger charge is -2.08. The van der Waals surface area contributed by atoms with Crippen LogP contribution >= 0.6 is 11.3 Å². The number of rotatable bonds is 2. The highest BCUT2D eigenvalue weighted by molar-refractivity contribution is 7.07. The number of aliphatic hydroxyl groups excluding tert-OH is 1. The van der Waals surface area contributed by atoms with Crippen molar-refractivity contribution in [2.24, 2.45) is 11.3 Å². The quantitative estimate of drug-likeness (QED) is 0.762. The molecule has 1 fully saturated rings. The Morgan fingerprint density at radius 1 is 1.75 bits per heavy atom. The molecule has 0 amide bonds. The molecule has 2 atom stereocenters. The minimum absolute atomic E-state index is 0.322. The second-order valence-corrected chi connectivity index (χ2v) is 4.88. The third-order valence-corrected chi connectivity index (χ3v) is 3.33. The van der Waals surface area contributed by atoms with E-state index in [4.69, 9.17) is 0 Å². The van der Waals surface area contributed by atoms with Crippen LogP contribution in [0.1, 0.15) is 32.1 Å². The first-order valence-electron chi connectivity index (χ1n) is 4.17. The molecule has 0 aliphatic heterocycles. The molecule has 2 unspecified atom stereocenters. The molecule has 1 N–H and O–H groups in total. The molecule has 0 saturated heterocycles. The molecule has 0 aromatic carbocycles. The third kappa shape index (κ3) is 1.27. The first-order chi connectivity index (χ1) is 5.61. The smallest absolute Gasteiger partial charge is 0.100 e. The molecule has 0 spiro atoms. The van der Waals surface area contributed by atoms with E-state index in [1.807, 2.05) is 5.38 Å². The van der Waals surface area contributed by atoms with E-state index >= 15 is 0 Å². The number of nitrogens with zero attached hydrogens (tertiary/aromatic N) is 1. The fourth-order valence-corrected chi connectivity index (χ4v) is 2.20. The average molecular weight is 183 g/mol. The van der Waals surface area contributed by atoms with Gasteiger partial charge in [-0.1, -0.05) is 13.8 Å².